The summed E-state index contributed by atoms with van der Waals surface area (Å²) in [6.45, 7) is 3.16. The number of halogens is 1. The average molecular weight is 265 g/mol. The number of fused-ring (bicyclic) bond motifs is 1. The summed E-state index contributed by atoms with van der Waals surface area (Å²) in [5.41, 5.74) is 2.06. The second kappa shape index (κ2) is 4.88. The Morgan fingerprint density at radius 2 is 2.33 bits per heavy atom. The number of likely N-dealkylation sites (tertiary alicyclic amines) is 1. The van der Waals surface area contributed by atoms with Crippen LogP contribution in [0.5, 0.6) is 0 Å². The normalized spacial score (nSPS) is 20.9. The summed E-state index contributed by atoms with van der Waals surface area (Å²) in [5, 5.41) is 4.07. The highest BCUT2D eigenvalue weighted by Gasteiger charge is 2.21. The van der Waals surface area contributed by atoms with Crippen molar-refractivity contribution < 1.29 is 0 Å². The van der Waals surface area contributed by atoms with Crippen molar-refractivity contribution in [2.75, 3.05) is 20.1 Å². The van der Waals surface area contributed by atoms with Crippen LogP contribution in [0.25, 0.3) is 5.65 Å². The molecule has 0 amide bonds. The number of likely N-dealkylation sites (N-methyl/N-ethyl adjacent to an activating group) is 1. The molecule has 1 aliphatic heterocycles. The second-order valence-electron chi connectivity index (χ2n) is 4.85. The molecule has 0 spiro atoms. The molecule has 18 heavy (non-hydrogen) atoms. The van der Waals surface area contributed by atoms with Crippen molar-refractivity contribution >= 4 is 17.2 Å². The third-order valence-electron chi connectivity index (χ3n) is 3.53. The van der Waals surface area contributed by atoms with Crippen molar-refractivity contribution in [1.29, 1.82) is 0 Å². The Labute approximate surface area is 112 Å². The minimum atomic E-state index is 0.622. The summed E-state index contributed by atoms with van der Waals surface area (Å²) in [6, 6.07) is 4.45. The van der Waals surface area contributed by atoms with Gasteiger partial charge in [0.15, 0.2) is 0 Å². The van der Waals surface area contributed by atoms with Crippen LogP contribution in [0.15, 0.2) is 24.5 Å². The predicted molar refractivity (Wildman–Crippen MR) is 72.9 cm³/mol. The minimum absolute atomic E-state index is 0.622. The molecule has 3 heterocycles. The molecule has 2 aromatic heterocycles. The molecule has 0 aromatic carbocycles. The van der Waals surface area contributed by atoms with E-state index in [0.717, 1.165) is 36.0 Å². The summed E-state index contributed by atoms with van der Waals surface area (Å²) in [7, 11) is 2.03. The van der Waals surface area contributed by atoms with Gasteiger partial charge in [-0.15, -0.1) is 0 Å². The molecule has 0 aliphatic carbocycles. The number of imidazole rings is 1. The van der Waals surface area contributed by atoms with Gasteiger partial charge >= 0.3 is 0 Å². The highest BCUT2D eigenvalue weighted by molar-refractivity contribution is 6.30. The summed E-state index contributed by atoms with van der Waals surface area (Å²) in [4.78, 5) is 7.05. The zero-order valence-corrected chi connectivity index (χ0v) is 11.2. The SMILES string of the molecule is CNC1CCN(Cc2cn3cc(Cl)ccc3n2)C1. The fourth-order valence-electron chi connectivity index (χ4n) is 2.53. The molecule has 96 valence electrons. The van der Waals surface area contributed by atoms with Crippen molar-refractivity contribution in [3.05, 3.63) is 35.2 Å². The molecule has 0 radical (unpaired) electrons. The quantitative estimate of drug-likeness (QED) is 0.917. The molecule has 4 nitrogen and oxygen atoms in total. The third-order valence-corrected chi connectivity index (χ3v) is 3.75. The van der Waals surface area contributed by atoms with E-state index in [1.165, 1.54) is 6.42 Å². The van der Waals surface area contributed by atoms with E-state index in [1.54, 1.807) is 0 Å². The number of hydrogen-bond acceptors (Lipinski definition) is 3. The zero-order valence-electron chi connectivity index (χ0n) is 10.4. The van der Waals surface area contributed by atoms with Gasteiger partial charge in [-0.2, -0.15) is 0 Å². The van der Waals surface area contributed by atoms with Crippen molar-refractivity contribution in [2.24, 2.45) is 0 Å². The standard InChI is InChI=1S/C13H17ClN4/c1-15-11-4-5-17(7-11)8-12-9-18-6-10(14)2-3-13(18)16-12/h2-3,6,9,11,15H,4-5,7-8H2,1H3. The second-order valence-corrected chi connectivity index (χ2v) is 5.29. The molecule has 1 N–H and O–H groups in total. The first-order chi connectivity index (χ1) is 8.74. The van der Waals surface area contributed by atoms with E-state index in [-0.39, 0.29) is 0 Å². The lowest BCUT2D eigenvalue weighted by molar-refractivity contribution is 0.319. The maximum atomic E-state index is 5.97. The average Bonchev–Trinajstić information content (AvgIpc) is 2.95. The van der Waals surface area contributed by atoms with Crippen LogP contribution in [0, 0.1) is 0 Å². The summed E-state index contributed by atoms with van der Waals surface area (Å²) in [5.74, 6) is 0. The van der Waals surface area contributed by atoms with Crippen molar-refractivity contribution in [2.45, 2.75) is 19.0 Å². The summed E-state index contributed by atoms with van der Waals surface area (Å²) < 4.78 is 1.99. The fraction of sp³-hybridized carbons (Fsp3) is 0.462. The fourth-order valence-corrected chi connectivity index (χ4v) is 2.70. The van der Waals surface area contributed by atoms with Gasteiger partial charge in [-0.05, 0) is 25.6 Å². The van der Waals surface area contributed by atoms with Crippen LogP contribution >= 0.6 is 11.6 Å². The monoisotopic (exact) mass is 264 g/mol. The minimum Gasteiger partial charge on any atom is -0.316 e. The number of rotatable bonds is 3. The third kappa shape index (κ3) is 2.36. The van der Waals surface area contributed by atoms with E-state index in [1.807, 2.05) is 29.8 Å². The first-order valence-electron chi connectivity index (χ1n) is 6.27. The van der Waals surface area contributed by atoms with Crippen LogP contribution in [0.1, 0.15) is 12.1 Å². The van der Waals surface area contributed by atoms with Gasteiger partial charge in [-0.1, -0.05) is 11.6 Å². The van der Waals surface area contributed by atoms with Gasteiger partial charge in [-0.3, -0.25) is 4.90 Å². The molecule has 0 saturated carbocycles. The number of hydrogen-bond donors (Lipinski definition) is 1. The topological polar surface area (TPSA) is 32.6 Å². The lowest BCUT2D eigenvalue weighted by atomic mass is 10.3. The van der Waals surface area contributed by atoms with E-state index in [0.29, 0.717) is 6.04 Å². The van der Waals surface area contributed by atoms with Gasteiger partial charge in [-0.25, -0.2) is 4.98 Å². The van der Waals surface area contributed by atoms with E-state index < -0.39 is 0 Å². The van der Waals surface area contributed by atoms with Crippen LogP contribution in [-0.2, 0) is 6.54 Å². The number of aromatic nitrogens is 2. The van der Waals surface area contributed by atoms with Gasteiger partial charge in [0.05, 0.1) is 10.7 Å². The molecule has 1 atom stereocenters. The molecular weight excluding hydrogens is 248 g/mol. The van der Waals surface area contributed by atoms with Crippen molar-refractivity contribution in [3.63, 3.8) is 0 Å². The molecule has 2 aromatic rings. The Balaban J connectivity index is 1.75. The smallest absolute Gasteiger partial charge is 0.137 e. The van der Waals surface area contributed by atoms with E-state index >= 15 is 0 Å². The molecular formula is C13H17ClN4. The molecule has 3 rings (SSSR count). The van der Waals surface area contributed by atoms with E-state index in [2.05, 4.69) is 21.4 Å². The van der Waals surface area contributed by atoms with Crippen molar-refractivity contribution in [1.82, 2.24) is 19.6 Å². The Kier molecular flexibility index (Phi) is 3.24. The first kappa shape index (κ1) is 12.0. The number of nitrogens with zero attached hydrogens (tertiary/aromatic N) is 3. The van der Waals surface area contributed by atoms with Gasteiger partial charge in [0, 0.05) is 38.1 Å². The summed E-state index contributed by atoms with van der Waals surface area (Å²) in [6.07, 6.45) is 5.18. The van der Waals surface area contributed by atoms with Crippen LogP contribution in [0.2, 0.25) is 5.02 Å². The lowest BCUT2D eigenvalue weighted by Crippen LogP contribution is -2.29. The Morgan fingerprint density at radius 3 is 3.11 bits per heavy atom. The van der Waals surface area contributed by atoms with Crippen LogP contribution in [0.4, 0.5) is 0 Å². The molecule has 5 heteroatoms. The largest absolute Gasteiger partial charge is 0.316 e. The van der Waals surface area contributed by atoms with Crippen LogP contribution in [0.3, 0.4) is 0 Å². The molecule has 1 saturated heterocycles. The Morgan fingerprint density at radius 1 is 1.44 bits per heavy atom. The number of pyridine rings is 1. The zero-order chi connectivity index (χ0) is 12.5. The highest BCUT2D eigenvalue weighted by Crippen LogP contribution is 2.15. The van der Waals surface area contributed by atoms with E-state index in [9.17, 15) is 0 Å². The van der Waals surface area contributed by atoms with Gasteiger partial charge in [0.2, 0.25) is 0 Å². The van der Waals surface area contributed by atoms with Crippen LogP contribution < -0.4 is 5.32 Å². The number of nitrogens with one attached hydrogen (secondary N) is 1. The van der Waals surface area contributed by atoms with E-state index in [4.69, 9.17) is 11.6 Å². The maximum Gasteiger partial charge on any atom is 0.137 e. The van der Waals surface area contributed by atoms with Crippen LogP contribution in [-0.4, -0.2) is 40.5 Å². The predicted octanol–water partition coefficient (Wildman–Crippen LogP) is 1.78. The Hall–Kier alpha value is -1.10. The molecule has 0 bridgehead atoms. The van der Waals surface area contributed by atoms with Gasteiger partial charge < -0.3 is 9.72 Å². The first-order valence-corrected chi connectivity index (χ1v) is 6.65. The van der Waals surface area contributed by atoms with Crippen molar-refractivity contribution in [3.8, 4) is 0 Å². The van der Waals surface area contributed by atoms with Gasteiger partial charge in [0.1, 0.15) is 5.65 Å². The molecule has 1 aliphatic rings. The highest BCUT2D eigenvalue weighted by atomic mass is 35.5. The lowest BCUT2D eigenvalue weighted by Gasteiger charge is -2.13. The molecule has 1 fully saturated rings. The maximum absolute atomic E-state index is 5.97. The molecule has 1 unspecified atom stereocenters. The summed E-state index contributed by atoms with van der Waals surface area (Å²) >= 11 is 5.97. The Bertz CT molecular complexity index is 551. The van der Waals surface area contributed by atoms with Gasteiger partial charge in [0.25, 0.3) is 0 Å².